The van der Waals surface area contributed by atoms with Crippen LogP contribution in [0.25, 0.3) is 0 Å². The van der Waals surface area contributed by atoms with Crippen LogP contribution in [0.4, 0.5) is 5.69 Å². The molecule has 0 spiro atoms. The molecule has 2 rings (SSSR count). The Morgan fingerprint density at radius 2 is 2.30 bits per heavy atom. The van der Waals surface area contributed by atoms with E-state index in [1.54, 1.807) is 26.0 Å². The third-order valence-electron chi connectivity index (χ3n) is 3.27. The monoisotopic (exact) mass is 319 g/mol. The lowest BCUT2D eigenvalue weighted by molar-refractivity contribution is -0.384. The quantitative estimate of drug-likeness (QED) is 0.325. The molecule has 1 aliphatic rings. The van der Waals surface area contributed by atoms with Crippen LogP contribution in [-0.4, -0.2) is 23.5 Å². The number of ether oxygens (including phenoxy) is 1. The number of rotatable bonds is 4. The fourth-order valence-corrected chi connectivity index (χ4v) is 2.27. The van der Waals surface area contributed by atoms with Crippen LogP contribution >= 0.6 is 0 Å². The molecule has 0 aliphatic carbocycles. The van der Waals surface area contributed by atoms with Gasteiger partial charge in [-0.3, -0.25) is 15.5 Å². The summed E-state index contributed by atoms with van der Waals surface area (Å²) in [6, 6.07) is 5.20. The van der Waals surface area contributed by atoms with Crippen LogP contribution < -0.4 is 16.6 Å². The summed E-state index contributed by atoms with van der Waals surface area (Å²) >= 11 is 0. The average molecular weight is 319 g/mol. The minimum Gasteiger partial charge on any atom is -0.463 e. The summed E-state index contributed by atoms with van der Waals surface area (Å²) in [5, 5.41) is 13.8. The van der Waals surface area contributed by atoms with Crippen LogP contribution in [0, 0.1) is 10.1 Å². The van der Waals surface area contributed by atoms with Crippen molar-refractivity contribution in [1.82, 2.24) is 10.7 Å². The number of carbonyl (C=O) groups is 1. The molecule has 0 aromatic heterocycles. The molecule has 1 atom stereocenters. The molecule has 122 valence electrons. The zero-order valence-corrected chi connectivity index (χ0v) is 12.7. The van der Waals surface area contributed by atoms with E-state index < -0.39 is 16.9 Å². The van der Waals surface area contributed by atoms with Gasteiger partial charge in [-0.25, -0.2) is 15.6 Å². The molecule has 0 unspecified atom stereocenters. The molecule has 0 amide bonds. The highest BCUT2D eigenvalue weighted by Crippen LogP contribution is 2.32. The summed E-state index contributed by atoms with van der Waals surface area (Å²) in [6.07, 6.45) is 0. The van der Waals surface area contributed by atoms with Gasteiger partial charge in [-0.05, 0) is 19.4 Å². The fourth-order valence-electron chi connectivity index (χ4n) is 2.27. The average Bonchev–Trinajstić information content (AvgIpc) is 2.54. The molecule has 0 radical (unpaired) electrons. The number of nitrogens with zero attached hydrogens (tertiary/aromatic N) is 2. The normalized spacial score (nSPS) is 17.2. The molecule has 9 nitrogen and oxygen atoms in total. The number of hydrazine groups is 1. The Hall–Kier alpha value is -2.94. The lowest BCUT2D eigenvalue weighted by Crippen LogP contribution is -2.44. The Kier molecular flexibility index (Phi) is 4.91. The van der Waals surface area contributed by atoms with E-state index >= 15 is 0 Å². The number of nitrogens with two attached hydrogens (primary N) is 1. The lowest BCUT2D eigenvalue weighted by Gasteiger charge is -2.25. The van der Waals surface area contributed by atoms with Gasteiger partial charge in [-0.15, -0.1) is 0 Å². The van der Waals surface area contributed by atoms with Crippen LogP contribution in [-0.2, 0) is 9.53 Å². The molecule has 4 N–H and O–H groups in total. The van der Waals surface area contributed by atoms with Crippen molar-refractivity contribution >= 4 is 17.6 Å². The first-order chi connectivity index (χ1) is 11.0. The number of aliphatic imine (C=N–C) groups is 1. The van der Waals surface area contributed by atoms with Gasteiger partial charge in [0.2, 0.25) is 5.96 Å². The van der Waals surface area contributed by atoms with Crippen molar-refractivity contribution in [3.05, 3.63) is 51.2 Å². The maximum atomic E-state index is 12.2. The van der Waals surface area contributed by atoms with E-state index in [1.165, 1.54) is 12.1 Å². The number of nitro groups is 1. The van der Waals surface area contributed by atoms with E-state index in [0.29, 0.717) is 11.3 Å². The van der Waals surface area contributed by atoms with Gasteiger partial charge >= 0.3 is 5.97 Å². The van der Waals surface area contributed by atoms with Crippen molar-refractivity contribution in [3.63, 3.8) is 0 Å². The lowest BCUT2D eigenvalue weighted by atomic mass is 9.96. The van der Waals surface area contributed by atoms with Crippen LogP contribution in [0.1, 0.15) is 25.5 Å². The number of hydrogen-bond acceptors (Lipinski definition) is 8. The molecule has 1 heterocycles. The van der Waals surface area contributed by atoms with E-state index in [2.05, 4.69) is 15.7 Å². The van der Waals surface area contributed by atoms with Crippen molar-refractivity contribution in [1.29, 1.82) is 0 Å². The number of hydrogen-bond donors (Lipinski definition) is 3. The first-order valence-corrected chi connectivity index (χ1v) is 6.91. The number of non-ortho nitro benzene ring substituents is 1. The standard InChI is InChI=1S/C14H17N5O4/c1-3-23-13(20)11-8(2)16-14(18-15)17-12(11)9-5-4-6-10(7-9)19(21)22/h4-7,12H,3,15H2,1-2H3,(H2,16,17,18)/t12-/m1/s1. The second-order valence-corrected chi connectivity index (χ2v) is 4.76. The zero-order chi connectivity index (χ0) is 17.0. The van der Waals surface area contributed by atoms with Crippen LogP contribution in [0.3, 0.4) is 0 Å². The molecular formula is C14H17N5O4. The molecule has 0 saturated heterocycles. The first kappa shape index (κ1) is 16.4. The van der Waals surface area contributed by atoms with Gasteiger partial charge in [0.25, 0.3) is 5.69 Å². The number of allylic oxidation sites excluding steroid dienone is 1. The molecule has 9 heteroatoms. The van der Waals surface area contributed by atoms with Gasteiger partial charge < -0.3 is 10.1 Å². The predicted molar refractivity (Wildman–Crippen MR) is 83.1 cm³/mol. The molecule has 23 heavy (non-hydrogen) atoms. The summed E-state index contributed by atoms with van der Waals surface area (Å²) < 4.78 is 5.06. The fraction of sp³-hybridized carbons (Fsp3) is 0.286. The van der Waals surface area contributed by atoms with Gasteiger partial charge in [0.1, 0.15) is 6.04 Å². The third kappa shape index (κ3) is 3.46. The maximum Gasteiger partial charge on any atom is 0.338 e. The minimum atomic E-state index is -0.749. The van der Waals surface area contributed by atoms with E-state index in [9.17, 15) is 14.9 Å². The summed E-state index contributed by atoms with van der Waals surface area (Å²) in [5.41, 5.74) is 3.59. The van der Waals surface area contributed by atoms with Crippen molar-refractivity contribution < 1.29 is 14.5 Å². The predicted octanol–water partition coefficient (Wildman–Crippen LogP) is 0.896. The van der Waals surface area contributed by atoms with E-state index in [4.69, 9.17) is 10.6 Å². The van der Waals surface area contributed by atoms with Crippen LogP contribution in [0.15, 0.2) is 40.5 Å². The second kappa shape index (κ2) is 6.88. The van der Waals surface area contributed by atoms with Crippen molar-refractivity contribution in [2.45, 2.75) is 19.9 Å². The Labute approximate surface area is 132 Å². The molecule has 1 aliphatic heterocycles. The highest BCUT2D eigenvalue weighted by atomic mass is 16.6. The number of nitrogens with one attached hydrogen (secondary N) is 2. The molecule has 1 aromatic rings. The smallest absolute Gasteiger partial charge is 0.338 e. The van der Waals surface area contributed by atoms with E-state index in [1.807, 2.05) is 0 Å². The molecule has 0 fully saturated rings. The SMILES string of the molecule is CCOC(=O)C1=C(C)NC(NN)=N[C@@H]1c1cccc([N+](=O)[O-])c1. The number of guanidine groups is 1. The minimum absolute atomic E-state index is 0.0839. The number of esters is 1. The maximum absolute atomic E-state index is 12.2. The largest absolute Gasteiger partial charge is 0.463 e. The number of benzene rings is 1. The van der Waals surface area contributed by atoms with Gasteiger partial charge in [-0.2, -0.15) is 0 Å². The third-order valence-corrected chi connectivity index (χ3v) is 3.27. The van der Waals surface area contributed by atoms with Crippen LogP contribution in [0.2, 0.25) is 0 Å². The van der Waals surface area contributed by atoms with Crippen molar-refractivity contribution in [2.24, 2.45) is 10.8 Å². The first-order valence-electron chi connectivity index (χ1n) is 6.91. The van der Waals surface area contributed by atoms with Gasteiger partial charge in [0.05, 0.1) is 17.1 Å². The summed E-state index contributed by atoms with van der Waals surface area (Å²) in [5.74, 6) is 5.10. The highest BCUT2D eigenvalue weighted by Gasteiger charge is 2.30. The molecule has 1 aromatic carbocycles. The Bertz CT molecular complexity index is 698. The van der Waals surface area contributed by atoms with Gasteiger partial charge in [0.15, 0.2) is 0 Å². The Morgan fingerprint density at radius 3 is 2.91 bits per heavy atom. The van der Waals surface area contributed by atoms with Gasteiger partial charge in [0, 0.05) is 17.8 Å². The van der Waals surface area contributed by atoms with Gasteiger partial charge in [-0.1, -0.05) is 12.1 Å². The van der Waals surface area contributed by atoms with E-state index in [-0.39, 0.29) is 23.8 Å². The summed E-state index contributed by atoms with van der Waals surface area (Å²) in [6.45, 7) is 3.59. The zero-order valence-electron chi connectivity index (χ0n) is 12.7. The van der Waals surface area contributed by atoms with Crippen molar-refractivity contribution in [2.75, 3.05) is 6.61 Å². The second-order valence-electron chi connectivity index (χ2n) is 4.76. The number of carbonyl (C=O) groups excluding carboxylic acids is 1. The Morgan fingerprint density at radius 1 is 1.57 bits per heavy atom. The number of nitro benzene ring substituents is 1. The van der Waals surface area contributed by atoms with E-state index in [0.717, 1.165) is 0 Å². The summed E-state index contributed by atoms with van der Waals surface area (Å²) in [4.78, 5) is 27.0. The molecule has 0 saturated carbocycles. The van der Waals surface area contributed by atoms with Crippen LogP contribution in [0.5, 0.6) is 0 Å². The highest BCUT2D eigenvalue weighted by molar-refractivity contribution is 5.95. The molecular weight excluding hydrogens is 302 g/mol. The topological polar surface area (TPSA) is 132 Å². The summed E-state index contributed by atoms with van der Waals surface area (Å²) in [7, 11) is 0. The van der Waals surface area contributed by atoms with Crippen molar-refractivity contribution in [3.8, 4) is 0 Å². The molecule has 0 bridgehead atoms. The Balaban J connectivity index is 2.51.